The first-order chi connectivity index (χ1) is 21.3. The Kier molecular flexibility index (Phi) is 24.3. The maximum absolute atomic E-state index is 2.38. The molecule has 2 aromatic rings. The Morgan fingerprint density at radius 2 is 0.581 bits per heavy atom. The fourth-order valence-corrected chi connectivity index (χ4v) is 6.38. The third-order valence-corrected chi connectivity index (χ3v) is 9.39. The molecule has 0 radical (unpaired) electrons. The van der Waals surface area contributed by atoms with Crippen LogP contribution in [0.2, 0.25) is 0 Å². The lowest BCUT2D eigenvalue weighted by atomic mass is 10.0. The first kappa shape index (κ1) is 37.5. The Morgan fingerprint density at radius 3 is 0.860 bits per heavy atom. The van der Waals surface area contributed by atoms with Gasteiger partial charge in [-0.25, -0.2) is 9.13 Å². The predicted molar refractivity (Wildman–Crippen MR) is 187 cm³/mol. The lowest BCUT2D eigenvalue weighted by molar-refractivity contribution is -0.697. The van der Waals surface area contributed by atoms with Gasteiger partial charge in [-0.2, -0.15) is 0 Å². The van der Waals surface area contributed by atoms with Crippen LogP contribution in [-0.4, -0.2) is 0 Å². The highest BCUT2D eigenvalue weighted by molar-refractivity contribution is 5.10. The molecule has 0 saturated carbocycles. The van der Waals surface area contributed by atoms with Gasteiger partial charge in [-0.05, 0) is 43.2 Å². The molecular weight excluding hydrogens is 520 g/mol. The number of aryl methyl sites for hydroxylation is 4. The van der Waals surface area contributed by atoms with Crippen molar-refractivity contribution in [2.75, 3.05) is 0 Å². The molecule has 0 amide bonds. The molecule has 0 N–H and O–H groups in total. The van der Waals surface area contributed by atoms with Crippen molar-refractivity contribution in [3.8, 4) is 0 Å². The van der Waals surface area contributed by atoms with E-state index in [1.807, 2.05) is 0 Å². The molecule has 0 aliphatic rings. The van der Waals surface area contributed by atoms with Crippen LogP contribution >= 0.6 is 0 Å². The number of rotatable bonds is 30. The Labute approximate surface area is 269 Å². The lowest BCUT2D eigenvalue weighted by Crippen LogP contribution is -2.32. The van der Waals surface area contributed by atoms with Crippen LogP contribution in [0.5, 0.6) is 0 Å². The predicted octanol–water partition coefficient (Wildman–Crippen LogP) is 11.8. The molecule has 0 atom stereocenters. The van der Waals surface area contributed by atoms with Gasteiger partial charge < -0.3 is 0 Å². The zero-order valence-corrected chi connectivity index (χ0v) is 29.0. The van der Waals surface area contributed by atoms with Gasteiger partial charge in [-0.15, -0.1) is 0 Å². The zero-order valence-electron chi connectivity index (χ0n) is 29.0. The van der Waals surface area contributed by atoms with E-state index in [0.29, 0.717) is 0 Å². The van der Waals surface area contributed by atoms with Gasteiger partial charge in [-0.1, -0.05) is 142 Å². The summed E-state index contributed by atoms with van der Waals surface area (Å²) in [5, 5.41) is 0. The van der Waals surface area contributed by atoms with E-state index in [-0.39, 0.29) is 0 Å². The summed E-state index contributed by atoms with van der Waals surface area (Å²) >= 11 is 0. The van der Waals surface area contributed by atoms with E-state index in [2.05, 4.69) is 72.0 Å². The molecule has 43 heavy (non-hydrogen) atoms. The minimum Gasteiger partial charge on any atom is -0.205 e. The maximum Gasteiger partial charge on any atom is 0.169 e. The smallest absolute Gasteiger partial charge is 0.169 e. The summed E-state index contributed by atoms with van der Waals surface area (Å²) in [5.74, 6) is 0. The summed E-state index contributed by atoms with van der Waals surface area (Å²) in [5.41, 5.74) is 2.95. The lowest BCUT2D eigenvalue weighted by Gasteiger charge is -2.04. The average Bonchev–Trinajstić information content (AvgIpc) is 3.03. The van der Waals surface area contributed by atoms with Gasteiger partial charge in [0.05, 0.1) is 0 Å². The van der Waals surface area contributed by atoms with Crippen molar-refractivity contribution in [1.82, 2.24) is 0 Å². The largest absolute Gasteiger partial charge is 0.205 e. The molecule has 0 saturated heterocycles. The van der Waals surface area contributed by atoms with Gasteiger partial charge in [0.2, 0.25) is 0 Å². The van der Waals surface area contributed by atoms with Gasteiger partial charge in [-0.3, -0.25) is 0 Å². The standard InChI is InChI=1S/C41H72N2/c1-3-5-7-9-11-13-15-17-19-21-23-25-34-42-36-30-40(31-37-42)28-27-29-41-32-38-43(39-33-41)35-26-24-22-20-18-16-14-12-10-8-6-4-2/h30-33,36-39H,3-29,34-35H2,1-2H3/q+2. The molecule has 2 aromatic heterocycles. The summed E-state index contributed by atoms with van der Waals surface area (Å²) in [7, 11) is 0. The summed E-state index contributed by atoms with van der Waals surface area (Å²) in [6.07, 6.45) is 46.8. The van der Waals surface area contributed by atoms with E-state index >= 15 is 0 Å². The molecular formula is C41H72N2+2. The summed E-state index contributed by atoms with van der Waals surface area (Å²) in [4.78, 5) is 0. The first-order valence-electron chi connectivity index (χ1n) is 19.3. The highest BCUT2D eigenvalue weighted by Crippen LogP contribution is 2.13. The SMILES string of the molecule is CCCCCCCCCCCCCC[n+]1ccc(CCCc2cc[n+](CCCCCCCCCCCCCC)cc2)cc1. The van der Waals surface area contributed by atoms with E-state index in [1.54, 1.807) is 0 Å². The number of pyridine rings is 2. The van der Waals surface area contributed by atoms with Crippen molar-refractivity contribution in [3.63, 3.8) is 0 Å². The Balaban J connectivity index is 1.42. The highest BCUT2D eigenvalue weighted by atomic mass is 14.9. The van der Waals surface area contributed by atoms with Crippen LogP contribution in [0, 0.1) is 0 Å². The number of nitrogens with zero attached hydrogens (tertiary/aromatic N) is 2. The van der Waals surface area contributed by atoms with Crippen LogP contribution < -0.4 is 9.13 Å². The van der Waals surface area contributed by atoms with Crippen molar-refractivity contribution in [2.24, 2.45) is 0 Å². The van der Waals surface area contributed by atoms with Crippen molar-refractivity contribution < 1.29 is 9.13 Å². The van der Waals surface area contributed by atoms with E-state index in [0.717, 1.165) is 0 Å². The normalized spacial score (nSPS) is 11.4. The molecule has 2 heterocycles. The minimum absolute atomic E-state index is 1.17. The molecule has 2 nitrogen and oxygen atoms in total. The zero-order chi connectivity index (χ0) is 30.5. The second-order valence-corrected chi connectivity index (χ2v) is 13.5. The first-order valence-corrected chi connectivity index (χ1v) is 19.3. The van der Waals surface area contributed by atoms with Crippen LogP contribution in [0.4, 0.5) is 0 Å². The average molecular weight is 593 g/mol. The number of hydrogen-bond acceptors (Lipinski definition) is 0. The molecule has 0 fully saturated rings. The van der Waals surface area contributed by atoms with Gasteiger partial charge in [0.1, 0.15) is 13.1 Å². The monoisotopic (exact) mass is 593 g/mol. The second-order valence-electron chi connectivity index (χ2n) is 13.5. The van der Waals surface area contributed by atoms with E-state index in [9.17, 15) is 0 Å². The molecule has 0 aromatic carbocycles. The summed E-state index contributed by atoms with van der Waals surface area (Å²) < 4.78 is 4.76. The molecule has 2 rings (SSSR count). The summed E-state index contributed by atoms with van der Waals surface area (Å²) in [6, 6.07) is 9.37. The van der Waals surface area contributed by atoms with Crippen molar-refractivity contribution in [2.45, 2.75) is 200 Å². The van der Waals surface area contributed by atoms with Gasteiger partial charge in [0.25, 0.3) is 0 Å². The fraction of sp³-hybridized carbons (Fsp3) is 0.756. The fourth-order valence-electron chi connectivity index (χ4n) is 6.38. The number of aromatic nitrogens is 2. The quantitative estimate of drug-likeness (QED) is 0.0629. The maximum atomic E-state index is 2.38. The van der Waals surface area contributed by atoms with E-state index in [1.165, 1.54) is 198 Å². The van der Waals surface area contributed by atoms with Crippen LogP contribution in [0.1, 0.15) is 185 Å². The van der Waals surface area contributed by atoms with Gasteiger partial charge in [0.15, 0.2) is 24.8 Å². The minimum atomic E-state index is 1.17. The Hall–Kier alpha value is -1.70. The van der Waals surface area contributed by atoms with Gasteiger partial charge in [0, 0.05) is 37.1 Å². The third-order valence-electron chi connectivity index (χ3n) is 9.39. The van der Waals surface area contributed by atoms with Crippen LogP contribution in [0.15, 0.2) is 49.1 Å². The second kappa shape index (κ2) is 27.8. The third kappa shape index (κ3) is 21.6. The van der Waals surface area contributed by atoms with Crippen molar-refractivity contribution in [1.29, 1.82) is 0 Å². The van der Waals surface area contributed by atoms with Crippen LogP contribution in [0.3, 0.4) is 0 Å². The topological polar surface area (TPSA) is 7.76 Å². The van der Waals surface area contributed by atoms with Crippen molar-refractivity contribution in [3.05, 3.63) is 60.2 Å². The number of unbranched alkanes of at least 4 members (excludes halogenated alkanes) is 22. The molecule has 2 heteroatoms. The highest BCUT2D eigenvalue weighted by Gasteiger charge is 2.04. The van der Waals surface area contributed by atoms with E-state index < -0.39 is 0 Å². The van der Waals surface area contributed by atoms with E-state index in [4.69, 9.17) is 0 Å². The number of hydrogen-bond donors (Lipinski definition) is 0. The summed E-state index contributed by atoms with van der Waals surface area (Å²) in [6.45, 7) is 6.94. The molecule has 0 unspecified atom stereocenters. The van der Waals surface area contributed by atoms with Gasteiger partial charge >= 0.3 is 0 Å². The Morgan fingerprint density at radius 1 is 0.326 bits per heavy atom. The molecule has 0 aliphatic carbocycles. The van der Waals surface area contributed by atoms with Crippen molar-refractivity contribution >= 4 is 0 Å². The Bertz CT molecular complexity index is 770. The molecule has 0 spiro atoms. The molecule has 244 valence electrons. The molecule has 0 aliphatic heterocycles. The van der Waals surface area contributed by atoms with Crippen LogP contribution in [0.25, 0.3) is 0 Å². The van der Waals surface area contributed by atoms with Crippen LogP contribution in [-0.2, 0) is 25.9 Å². The molecule has 0 bridgehead atoms.